The number of nitrogens with zero attached hydrogens (tertiary/aromatic N) is 5. The van der Waals surface area contributed by atoms with Gasteiger partial charge in [-0.2, -0.15) is 15.0 Å². The maximum atomic E-state index is 6.21. The van der Waals surface area contributed by atoms with Crippen molar-refractivity contribution in [3.63, 3.8) is 0 Å². The first-order chi connectivity index (χ1) is 10.4. The van der Waals surface area contributed by atoms with Crippen LogP contribution in [0.2, 0.25) is 10.0 Å². The van der Waals surface area contributed by atoms with Gasteiger partial charge in [-0.25, -0.2) is 0 Å². The maximum Gasteiger partial charge on any atom is 0.229 e. The molecule has 1 aromatic heterocycles. The van der Waals surface area contributed by atoms with Gasteiger partial charge >= 0.3 is 0 Å². The van der Waals surface area contributed by atoms with E-state index in [-0.39, 0.29) is 5.95 Å². The Bertz CT molecular complexity index is 662. The number of anilines is 2. The summed E-state index contributed by atoms with van der Waals surface area (Å²) in [7, 11) is 5.66. The molecule has 0 aliphatic rings. The minimum absolute atomic E-state index is 0.211. The molecule has 2 rings (SSSR count). The molecule has 6 nitrogen and oxygen atoms in total. The van der Waals surface area contributed by atoms with Crippen molar-refractivity contribution in [1.29, 1.82) is 0 Å². The van der Waals surface area contributed by atoms with E-state index in [0.717, 1.165) is 5.56 Å². The number of nitrogen functional groups attached to an aromatic ring is 1. The molecular formula is C14H18Cl2N6. The molecule has 0 fully saturated rings. The lowest BCUT2D eigenvalue weighted by Crippen LogP contribution is -2.22. The van der Waals surface area contributed by atoms with Crippen LogP contribution in [0.15, 0.2) is 18.2 Å². The molecule has 118 valence electrons. The summed E-state index contributed by atoms with van der Waals surface area (Å²) in [6.45, 7) is 1.15. The standard InChI is InChI=1S/C14H18Cl2N6/c1-21(2)14-19-11(18-13(17)20-14)8-22(3)7-9-5-4-6-10(15)12(9)16/h4-6H,7-8H2,1-3H3,(H2,17,18,19,20). The van der Waals surface area contributed by atoms with Gasteiger partial charge in [0.1, 0.15) is 5.82 Å². The Kier molecular flexibility index (Phi) is 5.39. The molecule has 0 bridgehead atoms. The second-order valence-electron chi connectivity index (χ2n) is 5.19. The zero-order chi connectivity index (χ0) is 16.3. The predicted molar refractivity (Wildman–Crippen MR) is 90.2 cm³/mol. The molecule has 0 atom stereocenters. The Morgan fingerprint density at radius 2 is 1.77 bits per heavy atom. The summed E-state index contributed by atoms with van der Waals surface area (Å²) < 4.78 is 0. The number of benzene rings is 1. The third-order valence-corrected chi connectivity index (χ3v) is 3.83. The van der Waals surface area contributed by atoms with E-state index in [9.17, 15) is 0 Å². The van der Waals surface area contributed by atoms with Gasteiger partial charge in [-0.3, -0.25) is 4.90 Å². The van der Waals surface area contributed by atoms with Gasteiger partial charge in [0.05, 0.1) is 16.6 Å². The van der Waals surface area contributed by atoms with Gasteiger partial charge in [0.15, 0.2) is 0 Å². The van der Waals surface area contributed by atoms with E-state index in [1.807, 2.05) is 38.2 Å². The highest BCUT2D eigenvalue weighted by molar-refractivity contribution is 6.42. The molecule has 8 heteroatoms. The van der Waals surface area contributed by atoms with Crippen molar-refractivity contribution < 1.29 is 0 Å². The number of aromatic nitrogens is 3. The van der Waals surface area contributed by atoms with E-state index in [1.165, 1.54) is 0 Å². The molecule has 0 amide bonds. The minimum atomic E-state index is 0.211. The lowest BCUT2D eigenvalue weighted by atomic mass is 10.2. The normalized spacial score (nSPS) is 11.0. The van der Waals surface area contributed by atoms with Crippen LogP contribution in [0.5, 0.6) is 0 Å². The van der Waals surface area contributed by atoms with E-state index in [2.05, 4.69) is 15.0 Å². The van der Waals surface area contributed by atoms with Crippen LogP contribution in [0.3, 0.4) is 0 Å². The van der Waals surface area contributed by atoms with Gasteiger partial charge in [-0.05, 0) is 18.7 Å². The number of hydrogen-bond donors (Lipinski definition) is 1. The van der Waals surface area contributed by atoms with Crippen molar-refractivity contribution in [2.24, 2.45) is 0 Å². The molecule has 0 unspecified atom stereocenters. The summed E-state index contributed by atoms with van der Waals surface area (Å²) in [6.07, 6.45) is 0. The Morgan fingerprint density at radius 3 is 2.45 bits per heavy atom. The monoisotopic (exact) mass is 340 g/mol. The number of nitrogens with two attached hydrogens (primary N) is 1. The first-order valence-corrected chi connectivity index (χ1v) is 7.41. The molecule has 0 aliphatic carbocycles. The van der Waals surface area contributed by atoms with Gasteiger partial charge < -0.3 is 10.6 Å². The maximum absolute atomic E-state index is 6.21. The van der Waals surface area contributed by atoms with Crippen molar-refractivity contribution in [3.8, 4) is 0 Å². The highest BCUT2D eigenvalue weighted by Crippen LogP contribution is 2.26. The summed E-state index contributed by atoms with van der Waals surface area (Å²) >= 11 is 12.2. The molecule has 2 N–H and O–H groups in total. The van der Waals surface area contributed by atoms with Crippen molar-refractivity contribution in [3.05, 3.63) is 39.6 Å². The number of halogens is 2. The molecule has 0 saturated carbocycles. The van der Waals surface area contributed by atoms with Crippen LogP contribution in [0.25, 0.3) is 0 Å². The number of hydrogen-bond acceptors (Lipinski definition) is 6. The summed E-state index contributed by atoms with van der Waals surface area (Å²) in [6, 6.07) is 5.59. The highest BCUT2D eigenvalue weighted by Gasteiger charge is 2.11. The lowest BCUT2D eigenvalue weighted by molar-refractivity contribution is 0.310. The van der Waals surface area contributed by atoms with Crippen LogP contribution in [0, 0.1) is 0 Å². The molecule has 1 aromatic carbocycles. The summed E-state index contributed by atoms with van der Waals surface area (Å²) in [5.74, 6) is 1.36. The Labute approximate surface area is 139 Å². The van der Waals surface area contributed by atoms with Crippen molar-refractivity contribution in [2.45, 2.75) is 13.1 Å². The third kappa shape index (κ3) is 4.19. The van der Waals surface area contributed by atoms with Crippen molar-refractivity contribution >= 4 is 35.1 Å². The van der Waals surface area contributed by atoms with Gasteiger partial charge in [0.2, 0.25) is 11.9 Å². The fourth-order valence-electron chi connectivity index (χ4n) is 1.95. The lowest BCUT2D eigenvalue weighted by Gasteiger charge is -2.18. The van der Waals surface area contributed by atoms with E-state index in [4.69, 9.17) is 28.9 Å². The molecule has 0 saturated heterocycles. The van der Waals surface area contributed by atoms with Gasteiger partial charge in [-0.1, -0.05) is 35.3 Å². The predicted octanol–water partition coefficient (Wildman–Crippen LogP) is 2.46. The van der Waals surface area contributed by atoms with Crippen LogP contribution >= 0.6 is 23.2 Å². The highest BCUT2D eigenvalue weighted by atomic mass is 35.5. The third-order valence-electron chi connectivity index (χ3n) is 2.97. The summed E-state index contributed by atoms with van der Waals surface area (Å²) in [5, 5.41) is 1.12. The molecule has 1 heterocycles. The second kappa shape index (κ2) is 7.09. The SMILES string of the molecule is CN(Cc1nc(N)nc(N(C)C)n1)Cc1cccc(Cl)c1Cl. The van der Waals surface area contributed by atoms with Crippen LogP contribution in [-0.4, -0.2) is 41.0 Å². The van der Waals surface area contributed by atoms with E-state index in [1.54, 1.807) is 11.0 Å². The first kappa shape index (κ1) is 16.7. The zero-order valence-electron chi connectivity index (χ0n) is 12.7. The zero-order valence-corrected chi connectivity index (χ0v) is 14.2. The van der Waals surface area contributed by atoms with Crippen LogP contribution < -0.4 is 10.6 Å². The molecule has 0 spiro atoms. The van der Waals surface area contributed by atoms with Crippen LogP contribution in [-0.2, 0) is 13.1 Å². The van der Waals surface area contributed by atoms with Crippen molar-refractivity contribution in [1.82, 2.24) is 19.9 Å². The second-order valence-corrected chi connectivity index (χ2v) is 5.97. The van der Waals surface area contributed by atoms with Gasteiger partial charge in [0, 0.05) is 20.6 Å². The van der Waals surface area contributed by atoms with E-state index in [0.29, 0.717) is 34.9 Å². The smallest absolute Gasteiger partial charge is 0.229 e. The molecule has 2 aromatic rings. The molecular weight excluding hydrogens is 323 g/mol. The fourth-order valence-corrected chi connectivity index (χ4v) is 2.33. The Morgan fingerprint density at radius 1 is 1.05 bits per heavy atom. The summed E-state index contributed by atoms with van der Waals surface area (Å²) in [4.78, 5) is 16.4. The van der Waals surface area contributed by atoms with Crippen LogP contribution in [0.4, 0.5) is 11.9 Å². The van der Waals surface area contributed by atoms with Crippen molar-refractivity contribution in [2.75, 3.05) is 31.8 Å². The van der Waals surface area contributed by atoms with Gasteiger partial charge in [-0.15, -0.1) is 0 Å². The van der Waals surface area contributed by atoms with E-state index < -0.39 is 0 Å². The summed E-state index contributed by atoms with van der Waals surface area (Å²) in [5.41, 5.74) is 6.67. The molecule has 0 aliphatic heterocycles. The Balaban J connectivity index is 2.12. The minimum Gasteiger partial charge on any atom is -0.368 e. The van der Waals surface area contributed by atoms with Crippen LogP contribution in [0.1, 0.15) is 11.4 Å². The topological polar surface area (TPSA) is 71.2 Å². The Hall–Kier alpha value is -1.63. The largest absolute Gasteiger partial charge is 0.368 e. The average Bonchev–Trinajstić information content (AvgIpc) is 2.43. The molecule has 22 heavy (non-hydrogen) atoms. The average molecular weight is 341 g/mol. The van der Waals surface area contributed by atoms with Gasteiger partial charge in [0.25, 0.3) is 0 Å². The van der Waals surface area contributed by atoms with E-state index >= 15 is 0 Å². The fraction of sp³-hybridized carbons (Fsp3) is 0.357. The molecule has 0 radical (unpaired) electrons. The number of rotatable bonds is 5. The quantitative estimate of drug-likeness (QED) is 0.901. The first-order valence-electron chi connectivity index (χ1n) is 6.66.